The summed E-state index contributed by atoms with van der Waals surface area (Å²) < 4.78 is 0. The van der Waals surface area contributed by atoms with Crippen molar-refractivity contribution >= 4 is 11.9 Å². The third kappa shape index (κ3) is 4.80. The number of amides is 3. The molecule has 1 heterocycles. The van der Waals surface area contributed by atoms with Crippen molar-refractivity contribution in [1.82, 2.24) is 20.9 Å². The first kappa shape index (κ1) is 14.3. The van der Waals surface area contributed by atoms with Gasteiger partial charge in [-0.3, -0.25) is 15.0 Å². The van der Waals surface area contributed by atoms with Gasteiger partial charge in [0.1, 0.15) is 0 Å². The minimum atomic E-state index is -0.347. The third-order valence-electron chi connectivity index (χ3n) is 3.76. The Balaban J connectivity index is 1.66. The van der Waals surface area contributed by atoms with Crippen molar-refractivity contribution in [2.75, 3.05) is 26.2 Å². The van der Waals surface area contributed by atoms with Crippen molar-refractivity contribution < 1.29 is 9.59 Å². The van der Waals surface area contributed by atoms with E-state index in [4.69, 9.17) is 0 Å². The van der Waals surface area contributed by atoms with Crippen molar-refractivity contribution in [1.29, 1.82) is 0 Å². The molecule has 0 aromatic carbocycles. The largest absolute Gasteiger partial charge is 0.335 e. The van der Waals surface area contributed by atoms with Crippen LogP contribution in [-0.4, -0.2) is 55.1 Å². The topological polar surface area (TPSA) is 73.5 Å². The minimum Gasteiger partial charge on any atom is -0.335 e. The Hall–Kier alpha value is -1.14. The van der Waals surface area contributed by atoms with Crippen LogP contribution in [0.15, 0.2) is 0 Å². The normalized spacial score (nSPS) is 25.2. The predicted molar refractivity (Wildman–Crippen MR) is 72.8 cm³/mol. The van der Waals surface area contributed by atoms with Gasteiger partial charge in [-0.1, -0.05) is 12.8 Å². The zero-order valence-electron chi connectivity index (χ0n) is 11.6. The molecule has 0 radical (unpaired) electrons. The van der Waals surface area contributed by atoms with Crippen molar-refractivity contribution in [3.63, 3.8) is 0 Å². The van der Waals surface area contributed by atoms with E-state index in [2.05, 4.69) is 27.8 Å². The van der Waals surface area contributed by atoms with Crippen molar-refractivity contribution in [3.05, 3.63) is 0 Å². The predicted octanol–water partition coefficient (Wildman–Crippen LogP) is 0.0485. The highest BCUT2D eigenvalue weighted by Gasteiger charge is 2.21. The van der Waals surface area contributed by atoms with Gasteiger partial charge in [-0.2, -0.15) is 0 Å². The Morgan fingerprint density at radius 1 is 1.32 bits per heavy atom. The van der Waals surface area contributed by atoms with E-state index >= 15 is 0 Å². The van der Waals surface area contributed by atoms with Crippen LogP contribution in [0, 0.1) is 0 Å². The maximum absolute atomic E-state index is 11.8. The van der Waals surface area contributed by atoms with Gasteiger partial charge in [-0.05, 0) is 19.8 Å². The van der Waals surface area contributed by atoms with Gasteiger partial charge in [0.2, 0.25) is 5.91 Å². The number of urea groups is 1. The van der Waals surface area contributed by atoms with E-state index in [0.29, 0.717) is 12.6 Å². The standard InChI is InChI=1S/C13H24N4O2/c1-10-8-17(7-6-14-10)9-12(18)16-13(19)15-11-4-2-3-5-11/h10-11,14H,2-9H2,1H3,(H2,15,16,18,19)/t10-/m1/s1. The van der Waals surface area contributed by atoms with Crippen LogP contribution in [0.5, 0.6) is 0 Å². The molecule has 2 aliphatic rings. The molecule has 19 heavy (non-hydrogen) atoms. The zero-order chi connectivity index (χ0) is 13.7. The number of carbonyl (C=O) groups excluding carboxylic acids is 2. The second-order valence-electron chi connectivity index (χ2n) is 5.59. The van der Waals surface area contributed by atoms with Gasteiger partial charge in [-0.15, -0.1) is 0 Å². The van der Waals surface area contributed by atoms with Crippen LogP contribution in [0.25, 0.3) is 0 Å². The minimum absolute atomic E-state index is 0.218. The van der Waals surface area contributed by atoms with Crippen LogP contribution in [0.1, 0.15) is 32.6 Å². The number of rotatable bonds is 3. The Morgan fingerprint density at radius 2 is 2.05 bits per heavy atom. The molecule has 6 heteroatoms. The van der Waals surface area contributed by atoms with Crippen molar-refractivity contribution in [3.8, 4) is 0 Å². The summed E-state index contributed by atoms with van der Waals surface area (Å²) in [6.45, 7) is 4.98. The van der Waals surface area contributed by atoms with E-state index in [1.165, 1.54) is 0 Å². The van der Waals surface area contributed by atoms with Gasteiger partial charge >= 0.3 is 6.03 Å². The molecule has 6 nitrogen and oxygen atoms in total. The second-order valence-corrected chi connectivity index (χ2v) is 5.59. The average molecular weight is 268 g/mol. The first-order valence-corrected chi connectivity index (χ1v) is 7.19. The van der Waals surface area contributed by atoms with Crippen LogP contribution < -0.4 is 16.0 Å². The number of nitrogens with zero attached hydrogens (tertiary/aromatic N) is 1. The Kier molecular flexibility index (Phi) is 5.15. The second kappa shape index (κ2) is 6.86. The van der Waals surface area contributed by atoms with Crippen molar-refractivity contribution in [2.45, 2.75) is 44.7 Å². The maximum Gasteiger partial charge on any atom is 0.321 e. The molecule has 1 aliphatic heterocycles. The highest BCUT2D eigenvalue weighted by Crippen LogP contribution is 2.17. The quantitative estimate of drug-likeness (QED) is 0.676. The van der Waals surface area contributed by atoms with Crippen molar-refractivity contribution in [2.24, 2.45) is 0 Å². The van der Waals surface area contributed by atoms with Gasteiger partial charge in [0.15, 0.2) is 0 Å². The number of piperazine rings is 1. The van der Waals surface area contributed by atoms with E-state index < -0.39 is 0 Å². The summed E-state index contributed by atoms with van der Waals surface area (Å²) in [5.74, 6) is -0.218. The Labute approximate surface area is 114 Å². The van der Waals surface area contributed by atoms with Crippen LogP contribution in [0.3, 0.4) is 0 Å². The zero-order valence-corrected chi connectivity index (χ0v) is 11.6. The average Bonchev–Trinajstić information content (AvgIpc) is 2.81. The summed E-state index contributed by atoms with van der Waals surface area (Å²) >= 11 is 0. The highest BCUT2D eigenvalue weighted by atomic mass is 16.2. The summed E-state index contributed by atoms with van der Waals surface area (Å²) in [7, 11) is 0. The fourth-order valence-corrected chi connectivity index (χ4v) is 2.82. The Morgan fingerprint density at radius 3 is 2.74 bits per heavy atom. The van der Waals surface area contributed by atoms with Crippen LogP contribution in [0.4, 0.5) is 4.79 Å². The molecule has 0 spiro atoms. The SMILES string of the molecule is C[C@@H]1CN(CC(=O)NC(=O)NC2CCCC2)CCN1. The van der Waals surface area contributed by atoms with Gasteiger partial charge in [0, 0.05) is 31.7 Å². The molecule has 0 aromatic rings. The summed E-state index contributed by atoms with van der Waals surface area (Å²) in [6, 6.07) is 0.293. The molecule has 2 fully saturated rings. The maximum atomic E-state index is 11.8. The molecule has 0 aromatic heterocycles. The van der Waals surface area contributed by atoms with Crippen LogP contribution >= 0.6 is 0 Å². The molecule has 1 aliphatic carbocycles. The number of carbonyl (C=O) groups is 2. The molecule has 1 saturated carbocycles. The summed E-state index contributed by atoms with van der Waals surface area (Å²) in [5, 5.41) is 8.59. The van der Waals surface area contributed by atoms with E-state index in [1.54, 1.807) is 0 Å². The first-order chi connectivity index (χ1) is 9.13. The monoisotopic (exact) mass is 268 g/mol. The van der Waals surface area contributed by atoms with Crippen LogP contribution in [-0.2, 0) is 4.79 Å². The third-order valence-corrected chi connectivity index (χ3v) is 3.76. The van der Waals surface area contributed by atoms with Gasteiger partial charge < -0.3 is 10.6 Å². The van der Waals surface area contributed by atoms with E-state index in [9.17, 15) is 9.59 Å². The summed E-state index contributed by atoms with van der Waals surface area (Å²) in [4.78, 5) is 25.5. The Bertz CT molecular complexity index is 329. The number of imide groups is 1. The molecule has 0 bridgehead atoms. The van der Waals surface area contributed by atoms with E-state index in [-0.39, 0.29) is 18.0 Å². The first-order valence-electron chi connectivity index (χ1n) is 7.19. The van der Waals surface area contributed by atoms with E-state index in [1.807, 2.05) is 0 Å². The fourth-order valence-electron chi connectivity index (χ4n) is 2.82. The molecule has 1 saturated heterocycles. The fraction of sp³-hybridized carbons (Fsp3) is 0.846. The lowest BCUT2D eigenvalue weighted by molar-refractivity contribution is -0.121. The number of nitrogens with one attached hydrogen (secondary N) is 3. The molecule has 3 N–H and O–H groups in total. The number of hydrogen-bond donors (Lipinski definition) is 3. The highest BCUT2D eigenvalue weighted by molar-refractivity contribution is 5.95. The van der Waals surface area contributed by atoms with E-state index in [0.717, 1.165) is 45.3 Å². The van der Waals surface area contributed by atoms with Gasteiger partial charge in [0.25, 0.3) is 0 Å². The lowest BCUT2D eigenvalue weighted by atomic mass is 10.2. The molecular weight excluding hydrogens is 244 g/mol. The summed E-state index contributed by atoms with van der Waals surface area (Å²) in [5.41, 5.74) is 0. The molecule has 0 unspecified atom stereocenters. The van der Waals surface area contributed by atoms with Gasteiger partial charge in [-0.25, -0.2) is 4.79 Å². The molecule has 2 rings (SSSR count). The molecule has 1 atom stereocenters. The lowest BCUT2D eigenvalue weighted by Gasteiger charge is -2.31. The molecule has 3 amide bonds. The smallest absolute Gasteiger partial charge is 0.321 e. The summed E-state index contributed by atoms with van der Waals surface area (Å²) in [6.07, 6.45) is 4.38. The number of hydrogen-bond acceptors (Lipinski definition) is 4. The molecule has 108 valence electrons. The van der Waals surface area contributed by atoms with Gasteiger partial charge in [0.05, 0.1) is 6.54 Å². The van der Waals surface area contributed by atoms with Crippen LogP contribution in [0.2, 0.25) is 0 Å². The lowest BCUT2D eigenvalue weighted by Crippen LogP contribution is -2.53. The molecular formula is C13H24N4O2.